The van der Waals surface area contributed by atoms with Gasteiger partial charge in [0.05, 0.1) is 0 Å². The monoisotopic (exact) mass is 696 g/mol. The SMILES string of the molecule is c1ccc2c(-c3c4ccccc4c(-c4ccc(-c5ccc6c7ccccc7c7ccccc7c6c5)cc4)c4ccccc34)c3oc4ccccc4c3cc2c1. The summed E-state index contributed by atoms with van der Waals surface area (Å²) in [6.45, 7) is 0. The Bertz CT molecular complexity index is 3440. The minimum atomic E-state index is 0.910. The lowest BCUT2D eigenvalue weighted by Crippen LogP contribution is -1.92. The van der Waals surface area contributed by atoms with Gasteiger partial charge in [-0.2, -0.15) is 0 Å². The third-order valence-electron chi connectivity index (χ3n) is 11.8. The minimum absolute atomic E-state index is 0.910. The Hall–Kier alpha value is -7.22. The molecule has 0 fully saturated rings. The van der Waals surface area contributed by atoms with Crippen molar-refractivity contribution in [3.05, 3.63) is 194 Å². The van der Waals surface area contributed by atoms with Crippen LogP contribution in [0.15, 0.2) is 199 Å². The first-order valence-corrected chi connectivity index (χ1v) is 19.0. The molecule has 0 saturated carbocycles. The summed E-state index contributed by atoms with van der Waals surface area (Å²) < 4.78 is 6.79. The van der Waals surface area contributed by atoms with Gasteiger partial charge in [-0.3, -0.25) is 0 Å². The highest BCUT2D eigenvalue weighted by molar-refractivity contribution is 6.29. The van der Waals surface area contributed by atoms with Crippen LogP contribution in [0.5, 0.6) is 0 Å². The molecule has 0 aliphatic rings. The summed E-state index contributed by atoms with van der Waals surface area (Å²) in [5.74, 6) is 0. The second-order valence-electron chi connectivity index (χ2n) is 14.7. The first kappa shape index (κ1) is 30.3. The number of para-hydroxylation sites is 1. The average Bonchev–Trinajstić information content (AvgIpc) is 3.63. The topological polar surface area (TPSA) is 13.1 Å². The molecule has 0 aliphatic heterocycles. The fraction of sp³-hybridized carbons (Fsp3) is 0. The van der Waals surface area contributed by atoms with Crippen LogP contribution in [0.3, 0.4) is 0 Å². The highest BCUT2D eigenvalue weighted by atomic mass is 16.3. The van der Waals surface area contributed by atoms with E-state index in [1.807, 2.05) is 0 Å². The van der Waals surface area contributed by atoms with Crippen molar-refractivity contribution in [1.82, 2.24) is 0 Å². The van der Waals surface area contributed by atoms with Crippen LogP contribution in [-0.4, -0.2) is 0 Å². The lowest BCUT2D eigenvalue weighted by atomic mass is 9.84. The summed E-state index contributed by atoms with van der Waals surface area (Å²) in [4.78, 5) is 0. The summed E-state index contributed by atoms with van der Waals surface area (Å²) >= 11 is 0. The molecule has 1 nitrogen and oxygen atoms in total. The lowest BCUT2D eigenvalue weighted by Gasteiger charge is -2.19. The van der Waals surface area contributed by atoms with Gasteiger partial charge < -0.3 is 4.42 Å². The van der Waals surface area contributed by atoms with Gasteiger partial charge in [0, 0.05) is 21.9 Å². The Labute approximate surface area is 317 Å². The van der Waals surface area contributed by atoms with Crippen molar-refractivity contribution in [2.75, 3.05) is 0 Å². The normalized spacial score (nSPS) is 12.0. The van der Waals surface area contributed by atoms with Gasteiger partial charge in [-0.05, 0) is 105 Å². The predicted molar refractivity (Wildman–Crippen MR) is 235 cm³/mol. The summed E-state index contributed by atoms with van der Waals surface area (Å²) in [5.41, 5.74) is 9.08. The van der Waals surface area contributed by atoms with E-state index in [0.29, 0.717) is 0 Å². The molecule has 0 unspecified atom stereocenters. The maximum absolute atomic E-state index is 6.79. The maximum atomic E-state index is 6.79. The molecular formula is C54H32O. The van der Waals surface area contributed by atoms with Gasteiger partial charge in [-0.25, -0.2) is 0 Å². The van der Waals surface area contributed by atoms with E-state index in [4.69, 9.17) is 4.42 Å². The molecule has 0 saturated heterocycles. The molecule has 12 aromatic rings. The number of furan rings is 1. The summed E-state index contributed by atoms with van der Waals surface area (Å²) in [5, 5.41) is 17.3. The zero-order chi connectivity index (χ0) is 36.0. The van der Waals surface area contributed by atoms with Crippen molar-refractivity contribution in [2.24, 2.45) is 0 Å². The van der Waals surface area contributed by atoms with E-state index in [-0.39, 0.29) is 0 Å². The number of rotatable bonds is 3. The standard InChI is InChI=1S/C54H32O/c1-2-14-37-36(13-1)32-49-43-19-11-12-24-50(43)55-54(49)53(37)52-46-22-9-7-20-44(46)51(45-21-8-10-23-47(45)52)34-27-25-33(26-28-34)35-29-30-42-40-17-4-3-15-38(40)39-16-5-6-18-41(39)48(42)31-35/h1-32H. The Balaban J connectivity index is 1.08. The molecule has 0 aliphatic carbocycles. The van der Waals surface area contributed by atoms with Gasteiger partial charge in [0.1, 0.15) is 11.2 Å². The largest absolute Gasteiger partial charge is 0.455 e. The van der Waals surface area contributed by atoms with Crippen molar-refractivity contribution in [3.8, 4) is 33.4 Å². The molecule has 0 amide bonds. The van der Waals surface area contributed by atoms with Crippen LogP contribution in [0.4, 0.5) is 0 Å². The summed E-state index contributed by atoms with van der Waals surface area (Å²) in [7, 11) is 0. The predicted octanol–water partition coefficient (Wildman–Crippen LogP) is 15.5. The van der Waals surface area contributed by atoms with Crippen LogP contribution in [0, 0.1) is 0 Å². The molecule has 0 N–H and O–H groups in total. The summed E-state index contributed by atoms with van der Waals surface area (Å²) in [6, 6.07) is 71.0. The quantitative estimate of drug-likeness (QED) is 0.132. The lowest BCUT2D eigenvalue weighted by molar-refractivity contribution is 0.670. The molecule has 55 heavy (non-hydrogen) atoms. The van der Waals surface area contributed by atoms with E-state index < -0.39 is 0 Å². The van der Waals surface area contributed by atoms with Gasteiger partial charge >= 0.3 is 0 Å². The Morgan fingerprint density at radius 2 is 0.673 bits per heavy atom. The van der Waals surface area contributed by atoms with E-state index >= 15 is 0 Å². The molecule has 254 valence electrons. The number of hydrogen-bond acceptors (Lipinski definition) is 1. The molecule has 0 radical (unpaired) electrons. The second-order valence-corrected chi connectivity index (χ2v) is 14.7. The molecule has 11 aromatic carbocycles. The van der Waals surface area contributed by atoms with Crippen LogP contribution >= 0.6 is 0 Å². The maximum Gasteiger partial charge on any atom is 0.143 e. The fourth-order valence-corrected chi connectivity index (χ4v) is 9.40. The van der Waals surface area contributed by atoms with E-state index in [0.717, 1.165) is 27.5 Å². The zero-order valence-electron chi connectivity index (χ0n) is 29.9. The first-order chi connectivity index (χ1) is 27.3. The van der Waals surface area contributed by atoms with Gasteiger partial charge in [0.15, 0.2) is 0 Å². The second kappa shape index (κ2) is 11.6. The molecule has 12 rings (SSSR count). The van der Waals surface area contributed by atoms with E-state index in [1.165, 1.54) is 92.5 Å². The summed E-state index contributed by atoms with van der Waals surface area (Å²) in [6.07, 6.45) is 0. The highest BCUT2D eigenvalue weighted by Gasteiger charge is 2.22. The zero-order valence-corrected chi connectivity index (χ0v) is 29.9. The van der Waals surface area contributed by atoms with Crippen LogP contribution in [0.1, 0.15) is 0 Å². The highest BCUT2D eigenvalue weighted by Crippen LogP contribution is 2.49. The Morgan fingerprint density at radius 1 is 0.236 bits per heavy atom. The third-order valence-corrected chi connectivity index (χ3v) is 11.8. The van der Waals surface area contributed by atoms with Crippen molar-refractivity contribution in [1.29, 1.82) is 0 Å². The minimum Gasteiger partial charge on any atom is -0.455 e. The Morgan fingerprint density at radius 3 is 1.29 bits per heavy atom. The number of hydrogen-bond donors (Lipinski definition) is 0. The van der Waals surface area contributed by atoms with E-state index in [9.17, 15) is 0 Å². The molecular weight excluding hydrogens is 665 g/mol. The average molecular weight is 697 g/mol. The van der Waals surface area contributed by atoms with Gasteiger partial charge in [0.25, 0.3) is 0 Å². The van der Waals surface area contributed by atoms with Crippen molar-refractivity contribution in [3.63, 3.8) is 0 Å². The molecule has 0 bridgehead atoms. The molecule has 1 aromatic heterocycles. The molecule has 1 heterocycles. The van der Waals surface area contributed by atoms with Crippen LogP contribution < -0.4 is 0 Å². The van der Waals surface area contributed by atoms with Crippen LogP contribution in [0.25, 0.3) is 120 Å². The first-order valence-electron chi connectivity index (χ1n) is 19.0. The van der Waals surface area contributed by atoms with Crippen molar-refractivity contribution >= 4 is 86.6 Å². The van der Waals surface area contributed by atoms with E-state index in [2.05, 4.69) is 194 Å². The van der Waals surface area contributed by atoms with Crippen molar-refractivity contribution < 1.29 is 4.42 Å². The van der Waals surface area contributed by atoms with Crippen LogP contribution in [-0.2, 0) is 0 Å². The van der Waals surface area contributed by atoms with Crippen LogP contribution in [0.2, 0.25) is 0 Å². The Kier molecular flexibility index (Phi) is 6.40. The van der Waals surface area contributed by atoms with Gasteiger partial charge in [-0.15, -0.1) is 0 Å². The molecule has 1 heteroatoms. The number of fused-ring (bicyclic) bond motifs is 12. The molecule has 0 spiro atoms. The molecule has 0 atom stereocenters. The van der Waals surface area contributed by atoms with Gasteiger partial charge in [0.2, 0.25) is 0 Å². The van der Waals surface area contributed by atoms with E-state index in [1.54, 1.807) is 0 Å². The fourth-order valence-electron chi connectivity index (χ4n) is 9.40. The smallest absolute Gasteiger partial charge is 0.143 e. The van der Waals surface area contributed by atoms with Crippen molar-refractivity contribution in [2.45, 2.75) is 0 Å². The van der Waals surface area contributed by atoms with Gasteiger partial charge in [-0.1, -0.05) is 176 Å². The number of benzene rings is 11. The third kappa shape index (κ3) is 4.41.